The summed E-state index contributed by atoms with van der Waals surface area (Å²) < 4.78 is 0. The molecule has 2 rings (SSSR count). The highest BCUT2D eigenvalue weighted by molar-refractivity contribution is 5.49. The lowest BCUT2D eigenvalue weighted by Gasteiger charge is -2.07. The second-order valence-electron chi connectivity index (χ2n) is 4.42. The Morgan fingerprint density at radius 1 is 1.25 bits per heavy atom. The number of hydrogen-bond acceptors (Lipinski definition) is 4. The molecule has 5 nitrogen and oxygen atoms in total. The number of rotatable bonds is 4. The van der Waals surface area contributed by atoms with Crippen molar-refractivity contribution >= 4 is 11.4 Å². The molecule has 2 aromatic carbocycles. The van der Waals surface area contributed by atoms with E-state index in [-0.39, 0.29) is 10.6 Å². The van der Waals surface area contributed by atoms with E-state index >= 15 is 0 Å². The molecule has 0 fully saturated rings. The van der Waals surface area contributed by atoms with E-state index in [9.17, 15) is 10.1 Å². The van der Waals surface area contributed by atoms with Crippen LogP contribution < -0.4 is 5.32 Å². The Hall–Kier alpha value is -2.87. The van der Waals surface area contributed by atoms with Crippen molar-refractivity contribution in [3.05, 3.63) is 69.3 Å². The molecule has 1 N–H and O–H groups in total. The smallest absolute Gasteiger partial charge is 0.272 e. The molecule has 0 aliphatic carbocycles. The standard InChI is InChI=1S/C15H13N3O2/c1-11-2-3-13(8-15(11)18(19)20)10-17-14-6-4-12(9-16)5-7-14/h2-8,17H,10H2,1H3. The van der Waals surface area contributed by atoms with Crippen molar-refractivity contribution in [1.29, 1.82) is 5.26 Å². The summed E-state index contributed by atoms with van der Waals surface area (Å²) in [6.45, 7) is 2.21. The molecular formula is C15H13N3O2. The molecular weight excluding hydrogens is 254 g/mol. The topological polar surface area (TPSA) is 79.0 Å². The minimum atomic E-state index is -0.374. The molecule has 0 radical (unpaired) electrons. The van der Waals surface area contributed by atoms with Crippen LogP contribution in [0.5, 0.6) is 0 Å². The summed E-state index contributed by atoms with van der Waals surface area (Å²) in [5.74, 6) is 0. The molecule has 0 aliphatic heterocycles. The average molecular weight is 267 g/mol. The van der Waals surface area contributed by atoms with Gasteiger partial charge in [-0.15, -0.1) is 0 Å². The summed E-state index contributed by atoms with van der Waals surface area (Å²) in [6.07, 6.45) is 0. The number of nitro groups is 1. The van der Waals surface area contributed by atoms with E-state index in [4.69, 9.17) is 5.26 Å². The van der Waals surface area contributed by atoms with Crippen LogP contribution in [0.25, 0.3) is 0 Å². The highest BCUT2D eigenvalue weighted by Crippen LogP contribution is 2.20. The molecule has 0 bridgehead atoms. The fourth-order valence-electron chi connectivity index (χ4n) is 1.83. The molecule has 0 amide bonds. The Morgan fingerprint density at radius 2 is 1.95 bits per heavy atom. The van der Waals surface area contributed by atoms with Crippen LogP contribution in [-0.2, 0) is 6.54 Å². The van der Waals surface area contributed by atoms with Crippen LogP contribution in [0.3, 0.4) is 0 Å². The van der Waals surface area contributed by atoms with Crippen molar-refractivity contribution in [2.45, 2.75) is 13.5 Å². The maximum absolute atomic E-state index is 10.9. The van der Waals surface area contributed by atoms with Crippen molar-refractivity contribution in [3.63, 3.8) is 0 Å². The van der Waals surface area contributed by atoms with Gasteiger partial charge < -0.3 is 5.32 Å². The Bertz CT molecular complexity index is 673. The predicted octanol–water partition coefficient (Wildman–Crippen LogP) is 3.39. The normalized spacial score (nSPS) is 9.80. The average Bonchev–Trinajstić information content (AvgIpc) is 2.46. The largest absolute Gasteiger partial charge is 0.381 e. The lowest BCUT2D eigenvalue weighted by molar-refractivity contribution is -0.385. The Morgan fingerprint density at radius 3 is 2.55 bits per heavy atom. The maximum atomic E-state index is 10.9. The third kappa shape index (κ3) is 3.12. The van der Waals surface area contributed by atoms with Crippen LogP contribution in [0.15, 0.2) is 42.5 Å². The van der Waals surface area contributed by atoms with Gasteiger partial charge in [-0.05, 0) is 36.8 Å². The zero-order valence-corrected chi connectivity index (χ0v) is 11.0. The van der Waals surface area contributed by atoms with E-state index in [2.05, 4.69) is 11.4 Å². The van der Waals surface area contributed by atoms with E-state index in [1.165, 1.54) is 0 Å². The minimum absolute atomic E-state index is 0.129. The number of benzene rings is 2. The second-order valence-corrected chi connectivity index (χ2v) is 4.42. The summed E-state index contributed by atoms with van der Waals surface area (Å²) in [5.41, 5.74) is 3.08. The molecule has 0 aliphatic rings. The number of anilines is 1. The summed E-state index contributed by atoms with van der Waals surface area (Å²) in [5, 5.41) is 22.7. The molecule has 100 valence electrons. The first-order chi connectivity index (χ1) is 9.60. The Balaban J connectivity index is 2.09. The number of nitrogens with one attached hydrogen (secondary N) is 1. The third-order valence-electron chi connectivity index (χ3n) is 2.98. The van der Waals surface area contributed by atoms with Crippen molar-refractivity contribution in [2.24, 2.45) is 0 Å². The molecule has 0 heterocycles. The fourth-order valence-corrected chi connectivity index (χ4v) is 1.83. The van der Waals surface area contributed by atoms with Gasteiger partial charge in [0.2, 0.25) is 0 Å². The van der Waals surface area contributed by atoms with Crippen LogP contribution in [0.1, 0.15) is 16.7 Å². The monoisotopic (exact) mass is 267 g/mol. The van der Waals surface area contributed by atoms with Gasteiger partial charge in [0, 0.05) is 23.9 Å². The number of aryl methyl sites for hydroxylation is 1. The van der Waals surface area contributed by atoms with Gasteiger partial charge in [-0.2, -0.15) is 5.26 Å². The van der Waals surface area contributed by atoms with Crippen molar-refractivity contribution in [1.82, 2.24) is 0 Å². The Labute approximate surface area is 116 Å². The van der Waals surface area contributed by atoms with Crippen LogP contribution in [-0.4, -0.2) is 4.92 Å². The molecule has 0 aromatic heterocycles. The molecule has 0 atom stereocenters. The summed E-state index contributed by atoms with van der Waals surface area (Å²) >= 11 is 0. The van der Waals surface area contributed by atoms with E-state index < -0.39 is 0 Å². The van der Waals surface area contributed by atoms with E-state index in [0.717, 1.165) is 11.3 Å². The lowest BCUT2D eigenvalue weighted by atomic mass is 10.1. The molecule has 0 spiro atoms. The summed E-state index contributed by atoms with van der Waals surface area (Å²) in [6, 6.07) is 14.3. The predicted molar refractivity (Wildman–Crippen MR) is 76.3 cm³/mol. The van der Waals surface area contributed by atoms with Gasteiger partial charge in [-0.3, -0.25) is 10.1 Å². The van der Waals surface area contributed by atoms with Gasteiger partial charge >= 0.3 is 0 Å². The third-order valence-corrected chi connectivity index (χ3v) is 2.98. The number of nitriles is 1. The van der Waals surface area contributed by atoms with Crippen molar-refractivity contribution < 1.29 is 4.92 Å². The van der Waals surface area contributed by atoms with Crippen molar-refractivity contribution in [2.75, 3.05) is 5.32 Å². The minimum Gasteiger partial charge on any atom is -0.381 e. The summed E-state index contributed by atoms with van der Waals surface area (Å²) in [4.78, 5) is 10.5. The van der Waals surface area contributed by atoms with E-state index in [1.54, 1.807) is 43.3 Å². The molecule has 0 unspecified atom stereocenters. The molecule has 5 heteroatoms. The molecule has 0 saturated heterocycles. The number of hydrogen-bond donors (Lipinski definition) is 1. The second kappa shape index (κ2) is 5.85. The number of nitro benzene ring substituents is 1. The first-order valence-corrected chi connectivity index (χ1v) is 6.08. The van der Waals surface area contributed by atoms with Gasteiger partial charge in [-0.25, -0.2) is 0 Å². The lowest BCUT2D eigenvalue weighted by Crippen LogP contribution is -2.01. The van der Waals surface area contributed by atoms with Gasteiger partial charge in [-0.1, -0.05) is 12.1 Å². The highest BCUT2D eigenvalue weighted by Gasteiger charge is 2.10. The van der Waals surface area contributed by atoms with Gasteiger partial charge in [0.05, 0.1) is 16.6 Å². The van der Waals surface area contributed by atoms with Gasteiger partial charge in [0.25, 0.3) is 5.69 Å². The summed E-state index contributed by atoms with van der Waals surface area (Å²) in [7, 11) is 0. The highest BCUT2D eigenvalue weighted by atomic mass is 16.6. The fraction of sp³-hybridized carbons (Fsp3) is 0.133. The SMILES string of the molecule is Cc1ccc(CNc2ccc(C#N)cc2)cc1[N+](=O)[O-]. The van der Waals surface area contributed by atoms with E-state index in [0.29, 0.717) is 17.7 Å². The maximum Gasteiger partial charge on any atom is 0.272 e. The quantitative estimate of drug-likeness (QED) is 0.680. The molecule has 20 heavy (non-hydrogen) atoms. The molecule has 0 saturated carbocycles. The van der Waals surface area contributed by atoms with Crippen LogP contribution in [0, 0.1) is 28.4 Å². The zero-order chi connectivity index (χ0) is 14.5. The first kappa shape index (κ1) is 13.6. The zero-order valence-electron chi connectivity index (χ0n) is 11.0. The van der Waals surface area contributed by atoms with Crippen molar-refractivity contribution in [3.8, 4) is 6.07 Å². The Kier molecular flexibility index (Phi) is 3.96. The van der Waals surface area contributed by atoms with E-state index in [1.807, 2.05) is 6.07 Å². The van der Waals surface area contributed by atoms with Crippen LogP contribution in [0.4, 0.5) is 11.4 Å². The van der Waals surface area contributed by atoms with Gasteiger partial charge in [0.15, 0.2) is 0 Å². The first-order valence-electron chi connectivity index (χ1n) is 6.08. The van der Waals surface area contributed by atoms with Crippen LogP contribution >= 0.6 is 0 Å². The molecule has 2 aromatic rings. The van der Waals surface area contributed by atoms with Gasteiger partial charge in [0.1, 0.15) is 0 Å². The van der Waals surface area contributed by atoms with Crippen LogP contribution in [0.2, 0.25) is 0 Å². The number of nitrogens with zero attached hydrogens (tertiary/aromatic N) is 2.